The van der Waals surface area contributed by atoms with E-state index in [0.29, 0.717) is 12.2 Å². The lowest BCUT2D eigenvalue weighted by molar-refractivity contribution is 0.656. The molecule has 0 aliphatic carbocycles. The lowest BCUT2D eigenvalue weighted by atomic mass is 10.1. The molecule has 3 aromatic rings. The van der Waals surface area contributed by atoms with Gasteiger partial charge in [-0.25, -0.2) is 13.9 Å². The zero-order valence-electron chi connectivity index (χ0n) is 10.9. The average molecular weight is 254 g/mol. The number of rotatable bonds is 2. The number of nitrogens with zero attached hydrogens (tertiary/aromatic N) is 4. The van der Waals surface area contributed by atoms with E-state index in [1.165, 1.54) is 20.2 Å². The number of fused-ring (bicyclic) bond motifs is 1. The van der Waals surface area contributed by atoms with Crippen molar-refractivity contribution in [2.45, 2.75) is 20.4 Å². The van der Waals surface area contributed by atoms with Crippen molar-refractivity contribution < 1.29 is 0 Å². The molecule has 2 heterocycles. The Balaban J connectivity index is 2.06. The molecule has 3 rings (SSSR count). The quantitative estimate of drug-likeness (QED) is 0.697. The topological polar surface area (TPSA) is 52.2 Å². The van der Waals surface area contributed by atoms with Gasteiger partial charge in [0.05, 0.1) is 12.7 Å². The van der Waals surface area contributed by atoms with Crippen LogP contribution in [-0.2, 0) is 6.54 Å². The van der Waals surface area contributed by atoms with Gasteiger partial charge in [0.1, 0.15) is 0 Å². The van der Waals surface area contributed by atoms with Crippen molar-refractivity contribution in [1.82, 2.24) is 19.2 Å². The van der Waals surface area contributed by atoms with E-state index in [1.807, 2.05) is 19.1 Å². The monoisotopic (exact) mass is 254 g/mol. The molecular weight excluding hydrogens is 240 g/mol. The molecule has 0 bridgehead atoms. The third kappa shape index (κ3) is 2.03. The van der Waals surface area contributed by atoms with Gasteiger partial charge in [-0.15, -0.1) is 5.10 Å². The van der Waals surface area contributed by atoms with Crippen LogP contribution in [0.25, 0.3) is 5.65 Å². The second kappa shape index (κ2) is 4.35. The first-order valence-electron chi connectivity index (χ1n) is 6.10. The predicted octanol–water partition coefficient (Wildman–Crippen LogP) is 1.56. The van der Waals surface area contributed by atoms with Crippen LogP contribution in [0.15, 0.2) is 41.6 Å². The summed E-state index contributed by atoms with van der Waals surface area (Å²) in [6.45, 7) is 4.58. The Kier molecular flexibility index (Phi) is 2.67. The number of hydrogen-bond acceptors (Lipinski definition) is 3. The van der Waals surface area contributed by atoms with Gasteiger partial charge in [-0.05, 0) is 25.0 Å². The fourth-order valence-corrected chi connectivity index (χ4v) is 2.17. The molecule has 5 nitrogen and oxygen atoms in total. The van der Waals surface area contributed by atoms with Gasteiger partial charge in [-0.2, -0.15) is 0 Å². The predicted molar refractivity (Wildman–Crippen MR) is 72.3 cm³/mol. The molecule has 5 heteroatoms. The van der Waals surface area contributed by atoms with Gasteiger partial charge >= 0.3 is 5.69 Å². The molecule has 0 aliphatic heterocycles. The highest BCUT2D eigenvalue weighted by Gasteiger charge is 2.08. The lowest BCUT2D eigenvalue weighted by Crippen LogP contribution is -2.21. The minimum Gasteiger partial charge on any atom is -0.259 e. The van der Waals surface area contributed by atoms with Crippen LogP contribution >= 0.6 is 0 Å². The van der Waals surface area contributed by atoms with Crippen molar-refractivity contribution in [3.05, 3.63) is 64.0 Å². The van der Waals surface area contributed by atoms with Crippen molar-refractivity contribution in [1.29, 1.82) is 0 Å². The van der Waals surface area contributed by atoms with Crippen molar-refractivity contribution in [2.75, 3.05) is 0 Å². The molecule has 0 atom stereocenters. The summed E-state index contributed by atoms with van der Waals surface area (Å²) in [5, 5.41) is 4.28. The van der Waals surface area contributed by atoms with Crippen LogP contribution in [0.1, 0.15) is 16.7 Å². The summed E-state index contributed by atoms with van der Waals surface area (Å²) in [5.41, 5.74) is 3.91. The van der Waals surface area contributed by atoms with E-state index in [9.17, 15) is 4.79 Å². The maximum absolute atomic E-state index is 12.1. The number of hydrogen-bond donors (Lipinski definition) is 0. The summed E-state index contributed by atoms with van der Waals surface area (Å²) in [6.07, 6.45) is 4.79. The number of benzene rings is 1. The summed E-state index contributed by atoms with van der Waals surface area (Å²) >= 11 is 0. The molecule has 0 unspecified atom stereocenters. The third-order valence-electron chi connectivity index (χ3n) is 3.21. The molecule has 0 radical (unpaired) electrons. The largest absolute Gasteiger partial charge is 0.350 e. The van der Waals surface area contributed by atoms with Gasteiger partial charge in [0.2, 0.25) is 0 Å². The first-order chi connectivity index (χ1) is 9.15. The zero-order chi connectivity index (χ0) is 13.4. The molecule has 0 amide bonds. The van der Waals surface area contributed by atoms with E-state index in [1.54, 1.807) is 18.6 Å². The van der Waals surface area contributed by atoms with Gasteiger partial charge < -0.3 is 0 Å². The van der Waals surface area contributed by atoms with E-state index in [-0.39, 0.29) is 5.69 Å². The van der Waals surface area contributed by atoms with E-state index < -0.39 is 0 Å². The Bertz CT molecular complexity index is 801. The smallest absolute Gasteiger partial charge is 0.259 e. The second-order valence-corrected chi connectivity index (χ2v) is 4.67. The first kappa shape index (κ1) is 11.6. The zero-order valence-corrected chi connectivity index (χ0v) is 10.9. The van der Waals surface area contributed by atoms with Gasteiger partial charge in [0.25, 0.3) is 0 Å². The summed E-state index contributed by atoms with van der Waals surface area (Å²) in [4.78, 5) is 16.1. The van der Waals surface area contributed by atoms with E-state index in [0.717, 1.165) is 5.56 Å². The van der Waals surface area contributed by atoms with Gasteiger partial charge in [-0.1, -0.05) is 23.8 Å². The fourth-order valence-electron chi connectivity index (χ4n) is 2.17. The Morgan fingerprint density at radius 3 is 2.84 bits per heavy atom. The SMILES string of the molecule is Cc1ccc(Cn2nc3cnccn3c2=O)c(C)c1. The second-order valence-electron chi connectivity index (χ2n) is 4.67. The van der Waals surface area contributed by atoms with Gasteiger partial charge in [0.15, 0.2) is 5.65 Å². The van der Waals surface area contributed by atoms with Crippen LogP contribution in [0.3, 0.4) is 0 Å². The normalized spacial score (nSPS) is 11.1. The first-order valence-corrected chi connectivity index (χ1v) is 6.10. The summed E-state index contributed by atoms with van der Waals surface area (Å²) in [7, 11) is 0. The highest BCUT2D eigenvalue weighted by Crippen LogP contribution is 2.11. The Labute approximate surface area is 110 Å². The molecule has 1 aromatic carbocycles. The maximum Gasteiger partial charge on any atom is 0.350 e. The molecular formula is C14H14N4O. The standard InChI is InChI=1S/C14H14N4O/c1-10-3-4-12(11(2)7-10)9-18-14(19)17-6-5-15-8-13(17)16-18/h3-8H,9H2,1-2H3. The summed E-state index contributed by atoms with van der Waals surface area (Å²) < 4.78 is 2.96. The van der Waals surface area contributed by atoms with Crippen LogP contribution in [0.5, 0.6) is 0 Å². The van der Waals surface area contributed by atoms with E-state index >= 15 is 0 Å². The average Bonchev–Trinajstić information content (AvgIpc) is 2.70. The minimum absolute atomic E-state index is 0.141. The Hall–Kier alpha value is -2.43. The fraction of sp³-hybridized carbons (Fsp3) is 0.214. The third-order valence-corrected chi connectivity index (χ3v) is 3.21. The molecule has 0 spiro atoms. The highest BCUT2D eigenvalue weighted by atomic mass is 16.2. The van der Waals surface area contributed by atoms with Crippen molar-refractivity contribution >= 4 is 5.65 Å². The van der Waals surface area contributed by atoms with Crippen LogP contribution in [0.4, 0.5) is 0 Å². The molecule has 0 saturated carbocycles. The van der Waals surface area contributed by atoms with Crippen molar-refractivity contribution in [3.63, 3.8) is 0 Å². The number of aryl methyl sites for hydroxylation is 2. The molecule has 96 valence electrons. The van der Waals surface area contributed by atoms with E-state index in [4.69, 9.17) is 0 Å². The molecule has 0 saturated heterocycles. The molecule has 0 aliphatic rings. The van der Waals surface area contributed by atoms with Crippen LogP contribution in [-0.4, -0.2) is 19.2 Å². The molecule has 2 aromatic heterocycles. The van der Waals surface area contributed by atoms with Crippen LogP contribution < -0.4 is 5.69 Å². The Morgan fingerprint density at radius 2 is 2.11 bits per heavy atom. The van der Waals surface area contributed by atoms with Crippen molar-refractivity contribution in [2.24, 2.45) is 0 Å². The van der Waals surface area contributed by atoms with Crippen LogP contribution in [0, 0.1) is 13.8 Å². The lowest BCUT2D eigenvalue weighted by Gasteiger charge is -2.05. The molecule has 0 fully saturated rings. The summed E-state index contributed by atoms with van der Waals surface area (Å²) in [5.74, 6) is 0. The molecule has 0 N–H and O–H groups in total. The van der Waals surface area contributed by atoms with Crippen LogP contribution in [0.2, 0.25) is 0 Å². The minimum atomic E-state index is -0.141. The van der Waals surface area contributed by atoms with Crippen molar-refractivity contribution in [3.8, 4) is 0 Å². The molecule has 19 heavy (non-hydrogen) atoms. The Morgan fingerprint density at radius 1 is 1.26 bits per heavy atom. The number of aromatic nitrogens is 4. The maximum atomic E-state index is 12.1. The summed E-state index contributed by atoms with van der Waals surface area (Å²) in [6, 6.07) is 6.20. The van der Waals surface area contributed by atoms with Gasteiger partial charge in [0, 0.05) is 12.4 Å². The van der Waals surface area contributed by atoms with E-state index in [2.05, 4.69) is 23.1 Å². The highest BCUT2D eigenvalue weighted by molar-refractivity contribution is 5.33. The van der Waals surface area contributed by atoms with Gasteiger partial charge in [-0.3, -0.25) is 4.98 Å².